The molecule has 0 bridgehead atoms. The van der Waals surface area contributed by atoms with E-state index in [0.717, 1.165) is 0 Å². The SMILES string of the molecule is CC#CCNC(=O)CCC(C)(C)N. The third-order valence-electron chi connectivity index (χ3n) is 1.55. The van der Waals surface area contributed by atoms with E-state index in [1.54, 1.807) is 6.92 Å². The summed E-state index contributed by atoms with van der Waals surface area (Å²) in [5.74, 6) is 5.48. The maximum absolute atomic E-state index is 11.1. The zero-order valence-corrected chi connectivity index (χ0v) is 8.61. The molecule has 0 rings (SSSR count). The molecule has 0 aliphatic heterocycles. The first kappa shape index (κ1) is 12.0. The minimum absolute atomic E-state index is 0.0151. The van der Waals surface area contributed by atoms with Gasteiger partial charge in [-0.3, -0.25) is 4.79 Å². The van der Waals surface area contributed by atoms with Crippen LogP contribution in [0.15, 0.2) is 0 Å². The molecular formula is C10H18N2O. The van der Waals surface area contributed by atoms with E-state index in [-0.39, 0.29) is 11.4 Å². The van der Waals surface area contributed by atoms with E-state index in [9.17, 15) is 4.79 Å². The molecular weight excluding hydrogens is 164 g/mol. The molecule has 0 aromatic carbocycles. The first-order valence-electron chi connectivity index (χ1n) is 4.41. The molecule has 13 heavy (non-hydrogen) atoms. The van der Waals surface area contributed by atoms with Gasteiger partial charge in [0.25, 0.3) is 0 Å². The maximum atomic E-state index is 11.1. The Hall–Kier alpha value is -1.01. The van der Waals surface area contributed by atoms with Gasteiger partial charge in [-0.1, -0.05) is 5.92 Å². The Morgan fingerprint density at radius 1 is 1.54 bits per heavy atom. The predicted octanol–water partition coefficient (Wildman–Crippen LogP) is 0.643. The fraction of sp³-hybridized carbons (Fsp3) is 0.700. The molecule has 1 amide bonds. The lowest BCUT2D eigenvalue weighted by Crippen LogP contribution is -2.34. The Kier molecular flexibility index (Phi) is 5.17. The summed E-state index contributed by atoms with van der Waals surface area (Å²) in [5.41, 5.74) is 5.46. The second kappa shape index (κ2) is 5.60. The Morgan fingerprint density at radius 2 is 2.15 bits per heavy atom. The number of nitrogens with two attached hydrogens (primary N) is 1. The molecule has 0 spiro atoms. The number of hydrogen-bond donors (Lipinski definition) is 2. The van der Waals surface area contributed by atoms with Crippen molar-refractivity contribution in [2.24, 2.45) is 5.73 Å². The Morgan fingerprint density at radius 3 is 2.62 bits per heavy atom. The minimum atomic E-state index is -0.270. The quantitative estimate of drug-likeness (QED) is 0.627. The highest BCUT2D eigenvalue weighted by molar-refractivity contribution is 5.76. The van der Waals surface area contributed by atoms with E-state index in [2.05, 4.69) is 17.2 Å². The largest absolute Gasteiger partial charge is 0.345 e. The number of hydrogen-bond acceptors (Lipinski definition) is 2. The number of amides is 1. The topological polar surface area (TPSA) is 55.1 Å². The maximum Gasteiger partial charge on any atom is 0.220 e. The Bertz CT molecular complexity index is 217. The summed E-state index contributed by atoms with van der Waals surface area (Å²) in [5, 5.41) is 2.69. The molecule has 0 heterocycles. The lowest BCUT2D eigenvalue weighted by atomic mass is 10.00. The van der Waals surface area contributed by atoms with Crippen LogP contribution in [0.3, 0.4) is 0 Å². The first-order chi connectivity index (χ1) is 5.95. The van der Waals surface area contributed by atoms with Crippen LogP contribution < -0.4 is 11.1 Å². The van der Waals surface area contributed by atoms with Crippen molar-refractivity contribution >= 4 is 5.91 Å². The van der Waals surface area contributed by atoms with Crippen molar-refractivity contribution in [1.29, 1.82) is 0 Å². The van der Waals surface area contributed by atoms with Gasteiger partial charge in [0, 0.05) is 12.0 Å². The summed E-state index contributed by atoms with van der Waals surface area (Å²) in [6.07, 6.45) is 1.16. The lowest BCUT2D eigenvalue weighted by molar-refractivity contribution is -0.121. The summed E-state index contributed by atoms with van der Waals surface area (Å²) in [7, 11) is 0. The average Bonchev–Trinajstić information content (AvgIpc) is 2.00. The average molecular weight is 182 g/mol. The van der Waals surface area contributed by atoms with Crippen molar-refractivity contribution < 1.29 is 4.79 Å². The molecule has 0 atom stereocenters. The molecule has 0 aromatic rings. The number of carbonyl (C=O) groups is 1. The zero-order valence-electron chi connectivity index (χ0n) is 8.61. The smallest absolute Gasteiger partial charge is 0.220 e. The van der Waals surface area contributed by atoms with Gasteiger partial charge < -0.3 is 11.1 Å². The summed E-state index contributed by atoms with van der Waals surface area (Å²) in [6, 6.07) is 0. The molecule has 74 valence electrons. The van der Waals surface area contributed by atoms with E-state index in [4.69, 9.17) is 5.73 Å². The Balaban J connectivity index is 3.56. The van der Waals surface area contributed by atoms with Crippen LogP contribution in [0.2, 0.25) is 0 Å². The van der Waals surface area contributed by atoms with Crippen LogP contribution in [0.1, 0.15) is 33.6 Å². The first-order valence-corrected chi connectivity index (χ1v) is 4.41. The highest BCUT2D eigenvalue weighted by atomic mass is 16.1. The molecule has 3 heteroatoms. The van der Waals surface area contributed by atoms with E-state index < -0.39 is 0 Å². The van der Waals surface area contributed by atoms with Crippen molar-refractivity contribution in [2.75, 3.05) is 6.54 Å². The van der Waals surface area contributed by atoms with Gasteiger partial charge in [0.1, 0.15) is 0 Å². The van der Waals surface area contributed by atoms with E-state index in [1.165, 1.54) is 0 Å². The van der Waals surface area contributed by atoms with Gasteiger partial charge >= 0.3 is 0 Å². The Labute approximate surface area is 80.1 Å². The third-order valence-corrected chi connectivity index (χ3v) is 1.55. The fourth-order valence-electron chi connectivity index (χ4n) is 0.755. The monoisotopic (exact) mass is 182 g/mol. The second-order valence-electron chi connectivity index (χ2n) is 3.69. The van der Waals surface area contributed by atoms with Crippen LogP contribution in [0.4, 0.5) is 0 Å². The van der Waals surface area contributed by atoms with Crippen LogP contribution in [-0.2, 0) is 4.79 Å². The van der Waals surface area contributed by atoms with Crippen molar-refractivity contribution in [2.45, 2.75) is 39.2 Å². The molecule has 3 N–H and O–H groups in total. The molecule has 0 aliphatic carbocycles. The molecule has 3 nitrogen and oxygen atoms in total. The standard InChI is InChI=1S/C10H18N2O/c1-4-5-8-12-9(13)6-7-10(2,3)11/h6-8,11H2,1-3H3,(H,12,13). The molecule has 0 saturated heterocycles. The van der Waals surface area contributed by atoms with E-state index >= 15 is 0 Å². The zero-order chi connectivity index (χ0) is 10.3. The van der Waals surface area contributed by atoms with Crippen molar-refractivity contribution in [3.05, 3.63) is 0 Å². The van der Waals surface area contributed by atoms with Crippen LogP contribution in [0.5, 0.6) is 0 Å². The number of carbonyl (C=O) groups excluding carboxylic acids is 1. The fourth-order valence-corrected chi connectivity index (χ4v) is 0.755. The van der Waals surface area contributed by atoms with Crippen molar-refractivity contribution in [3.8, 4) is 11.8 Å². The van der Waals surface area contributed by atoms with Crippen LogP contribution in [0.25, 0.3) is 0 Å². The second-order valence-corrected chi connectivity index (χ2v) is 3.69. The normalized spacial score (nSPS) is 10.2. The van der Waals surface area contributed by atoms with Gasteiger partial charge in [-0.05, 0) is 27.2 Å². The van der Waals surface area contributed by atoms with Crippen molar-refractivity contribution in [3.63, 3.8) is 0 Å². The molecule has 0 unspecified atom stereocenters. The van der Waals surface area contributed by atoms with E-state index in [1.807, 2.05) is 13.8 Å². The van der Waals surface area contributed by atoms with Gasteiger partial charge in [-0.2, -0.15) is 0 Å². The number of rotatable bonds is 4. The van der Waals surface area contributed by atoms with Gasteiger partial charge in [0.15, 0.2) is 0 Å². The lowest BCUT2D eigenvalue weighted by Gasteiger charge is -2.17. The summed E-state index contributed by atoms with van der Waals surface area (Å²) < 4.78 is 0. The summed E-state index contributed by atoms with van der Waals surface area (Å²) in [4.78, 5) is 11.1. The minimum Gasteiger partial charge on any atom is -0.345 e. The van der Waals surface area contributed by atoms with Gasteiger partial charge in [-0.15, -0.1) is 5.92 Å². The predicted molar refractivity (Wildman–Crippen MR) is 54.0 cm³/mol. The van der Waals surface area contributed by atoms with Crippen LogP contribution in [-0.4, -0.2) is 18.0 Å². The molecule has 0 radical (unpaired) electrons. The molecule has 0 aromatic heterocycles. The molecule has 0 saturated carbocycles. The highest BCUT2D eigenvalue weighted by Crippen LogP contribution is 2.06. The van der Waals surface area contributed by atoms with Crippen LogP contribution >= 0.6 is 0 Å². The van der Waals surface area contributed by atoms with Gasteiger partial charge in [0.2, 0.25) is 5.91 Å². The highest BCUT2D eigenvalue weighted by Gasteiger charge is 2.12. The molecule has 0 fully saturated rings. The summed E-state index contributed by atoms with van der Waals surface area (Å²) >= 11 is 0. The van der Waals surface area contributed by atoms with E-state index in [0.29, 0.717) is 19.4 Å². The summed E-state index contributed by atoms with van der Waals surface area (Å²) in [6.45, 7) is 5.99. The number of nitrogens with one attached hydrogen (secondary N) is 1. The third kappa shape index (κ3) is 8.90. The van der Waals surface area contributed by atoms with Crippen molar-refractivity contribution in [1.82, 2.24) is 5.32 Å². The van der Waals surface area contributed by atoms with Gasteiger partial charge in [0.05, 0.1) is 6.54 Å². The molecule has 0 aliphatic rings. The van der Waals surface area contributed by atoms with Gasteiger partial charge in [-0.25, -0.2) is 0 Å². The van der Waals surface area contributed by atoms with Crippen LogP contribution in [0, 0.1) is 11.8 Å².